The lowest BCUT2D eigenvalue weighted by Gasteiger charge is -2.36. The summed E-state index contributed by atoms with van der Waals surface area (Å²) in [5, 5.41) is 17.7. The van der Waals surface area contributed by atoms with E-state index in [1.807, 2.05) is 0 Å². The summed E-state index contributed by atoms with van der Waals surface area (Å²) in [5.74, 6) is 0. The largest absolute Gasteiger partial charge is 0.389 e. The SMILES string of the molecule is CC(C)(C)c1csc(CC2(O)C[C@H]3CC[C@@H](C2)N3)n1. The predicted octanol–water partition coefficient (Wildman–Crippen LogP) is 2.63. The van der Waals surface area contributed by atoms with Crippen LogP contribution in [-0.4, -0.2) is 27.8 Å². The smallest absolute Gasteiger partial charge is 0.0957 e. The second kappa shape index (κ2) is 4.54. The Morgan fingerprint density at radius 3 is 2.53 bits per heavy atom. The molecule has 3 heterocycles. The standard InChI is InChI=1S/C15H24N2OS/c1-14(2,3)12-9-19-13(17-12)8-15(18)6-10-4-5-11(7-15)16-10/h9-11,16,18H,4-8H2,1-3H3/t10-,11+,15?. The minimum atomic E-state index is -0.538. The molecule has 3 atom stereocenters. The van der Waals surface area contributed by atoms with Crippen LogP contribution in [0.3, 0.4) is 0 Å². The van der Waals surface area contributed by atoms with E-state index in [9.17, 15) is 5.11 Å². The molecule has 3 nitrogen and oxygen atoms in total. The summed E-state index contributed by atoms with van der Waals surface area (Å²) >= 11 is 1.70. The highest BCUT2D eigenvalue weighted by Crippen LogP contribution is 2.37. The predicted molar refractivity (Wildman–Crippen MR) is 78.6 cm³/mol. The Balaban J connectivity index is 1.72. The third-order valence-corrected chi connectivity index (χ3v) is 5.24. The van der Waals surface area contributed by atoms with Gasteiger partial charge in [-0.1, -0.05) is 20.8 Å². The fourth-order valence-electron chi connectivity index (χ4n) is 3.39. The van der Waals surface area contributed by atoms with Crippen LogP contribution in [0, 0.1) is 0 Å². The number of rotatable bonds is 2. The van der Waals surface area contributed by atoms with Gasteiger partial charge in [-0.25, -0.2) is 4.98 Å². The van der Waals surface area contributed by atoms with Crippen molar-refractivity contribution in [1.29, 1.82) is 0 Å². The number of aliphatic hydroxyl groups is 1. The van der Waals surface area contributed by atoms with Crippen molar-refractivity contribution in [2.24, 2.45) is 0 Å². The van der Waals surface area contributed by atoms with E-state index in [-0.39, 0.29) is 5.41 Å². The van der Waals surface area contributed by atoms with Gasteiger partial charge in [0.15, 0.2) is 0 Å². The molecule has 0 spiro atoms. The van der Waals surface area contributed by atoms with Crippen molar-refractivity contribution in [3.05, 3.63) is 16.1 Å². The van der Waals surface area contributed by atoms with Crippen LogP contribution >= 0.6 is 11.3 Å². The van der Waals surface area contributed by atoms with Crippen LogP contribution in [0.4, 0.5) is 0 Å². The molecule has 2 bridgehead atoms. The monoisotopic (exact) mass is 280 g/mol. The lowest BCUT2D eigenvalue weighted by Crippen LogP contribution is -2.49. The Kier molecular flexibility index (Phi) is 3.23. The molecular formula is C15H24N2OS. The average Bonchev–Trinajstić information content (AvgIpc) is 2.84. The van der Waals surface area contributed by atoms with Crippen molar-refractivity contribution < 1.29 is 5.11 Å². The van der Waals surface area contributed by atoms with E-state index in [4.69, 9.17) is 4.98 Å². The maximum Gasteiger partial charge on any atom is 0.0957 e. The quantitative estimate of drug-likeness (QED) is 0.875. The third-order valence-electron chi connectivity index (χ3n) is 4.39. The highest BCUT2D eigenvalue weighted by Gasteiger charge is 2.42. The molecule has 0 aliphatic carbocycles. The maximum atomic E-state index is 10.8. The number of aromatic nitrogens is 1. The van der Waals surface area contributed by atoms with E-state index in [2.05, 4.69) is 31.5 Å². The molecule has 4 heteroatoms. The summed E-state index contributed by atoms with van der Waals surface area (Å²) < 4.78 is 0. The third kappa shape index (κ3) is 2.86. The first kappa shape index (κ1) is 13.5. The molecule has 2 saturated heterocycles. The highest BCUT2D eigenvalue weighted by atomic mass is 32.1. The van der Waals surface area contributed by atoms with Gasteiger partial charge in [0, 0.05) is 29.3 Å². The number of hydrogen-bond donors (Lipinski definition) is 2. The van der Waals surface area contributed by atoms with Gasteiger partial charge in [-0.2, -0.15) is 0 Å². The van der Waals surface area contributed by atoms with Crippen LogP contribution in [0.5, 0.6) is 0 Å². The first-order valence-corrected chi connectivity index (χ1v) is 8.15. The molecule has 0 aromatic carbocycles. The summed E-state index contributed by atoms with van der Waals surface area (Å²) in [6.07, 6.45) is 4.93. The summed E-state index contributed by atoms with van der Waals surface area (Å²) in [5.41, 5.74) is 0.710. The number of nitrogens with one attached hydrogen (secondary N) is 1. The van der Waals surface area contributed by atoms with Gasteiger partial charge in [0.1, 0.15) is 0 Å². The van der Waals surface area contributed by atoms with E-state index in [0.29, 0.717) is 12.1 Å². The lowest BCUT2D eigenvalue weighted by molar-refractivity contribution is -0.00616. The number of fused-ring (bicyclic) bond motifs is 2. The van der Waals surface area contributed by atoms with Crippen molar-refractivity contribution in [3.8, 4) is 0 Å². The Morgan fingerprint density at radius 1 is 1.37 bits per heavy atom. The molecule has 1 unspecified atom stereocenters. The Morgan fingerprint density at radius 2 is 2.00 bits per heavy atom. The molecule has 2 aliphatic rings. The molecule has 0 saturated carbocycles. The van der Waals surface area contributed by atoms with E-state index in [1.54, 1.807) is 11.3 Å². The molecule has 2 N–H and O–H groups in total. The minimum Gasteiger partial charge on any atom is -0.389 e. The normalized spacial score (nSPS) is 34.7. The second-order valence-corrected chi connectivity index (χ2v) is 8.27. The van der Waals surface area contributed by atoms with Crippen molar-refractivity contribution >= 4 is 11.3 Å². The lowest BCUT2D eigenvalue weighted by atomic mass is 9.85. The molecule has 3 rings (SSSR count). The highest BCUT2D eigenvalue weighted by molar-refractivity contribution is 7.09. The van der Waals surface area contributed by atoms with E-state index >= 15 is 0 Å². The zero-order valence-corrected chi connectivity index (χ0v) is 12.9. The number of piperidine rings is 1. The van der Waals surface area contributed by atoms with Crippen LogP contribution < -0.4 is 5.32 Å². The Hall–Kier alpha value is -0.450. The molecular weight excluding hydrogens is 256 g/mol. The molecule has 0 radical (unpaired) electrons. The molecule has 1 aromatic rings. The van der Waals surface area contributed by atoms with Crippen molar-refractivity contribution in [1.82, 2.24) is 10.3 Å². The fourth-order valence-corrected chi connectivity index (χ4v) is 4.54. The van der Waals surface area contributed by atoms with Crippen LogP contribution in [0.1, 0.15) is 57.2 Å². The molecule has 106 valence electrons. The zero-order valence-electron chi connectivity index (χ0n) is 12.1. The van der Waals surface area contributed by atoms with Crippen LogP contribution in [-0.2, 0) is 11.8 Å². The van der Waals surface area contributed by atoms with Gasteiger partial charge in [-0.3, -0.25) is 0 Å². The van der Waals surface area contributed by atoms with Gasteiger partial charge < -0.3 is 10.4 Å². The van der Waals surface area contributed by atoms with E-state index < -0.39 is 5.60 Å². The van der Waals surface area contributed by atoms with Crippen LogP contribution in [0.25, 0.3) is 0 Å². The van der Waals surface area contributed by atoms with Gasteiger partial charge >= 0.3 is 0 Å². The van der Waals surface area contributed by atoms with Crippen molar-refractivity contribution in [2.45, 2.75) is 76.0 Å². The summed E-state index contributed by atoms with van der Waals surface area (Å²) in [4.78, 5) is 4.73. The van der Waals surface area contributed by atoms with Gasteiger partial charge in [-0.15, -0.1) is 11.3 Å². The molecule has 2 aliphatic heterocycles. The molecule has 2 fully saturated rings. The van der Waals surface area contributed by atoms with E-state index in [0.717, 1.165) is 30.0 Å². The van der Waals surface area contributed by atoms with Crippen LogP contribution in [0.15, 0.2) is 5.38 Å². The number of thiazole rings is 1. The summed E-state index contributed by atoms with van der Waals surface area (Å²) in [7, 11) is 0. The first-order chi connectivity index (χ1) is 8.84. The molecule has 19 heavy (non-hydrogen) atoms. The zero-order chi connectivity index (χ0) is 13.7. The van der Waals surface area contributed by atoms with Gasteiger partial charge in [-0.05, 0) is 25.7 Å². The minimum absolute atomic E-state index is 0.102. The first-order valence-electron chi connectivity index (χ1n) is 7.27. The maximum absolute atomic E-state index is 10.8. The van der Waals surface area contributed by atoms with Crippen molar-refractivity contribution in [3.63, 3.8) is 0 Å². The van der Waals surface area contributed by atoms with Gasteiger partial charge in [0.2, 0.25) is 0 Å². The summed E-state index contributed by atoms with van der Waals surface area (Å²) in [6, 6.07) is 1.04. The number of nitrogens with zero attached hydrogens (tertiary/aromatic N) is 1. The fraction of sp³-hybridized carbons (Fsp3) is 0.800. The van der Waals surface area contributed by atoms with Crippen molar-refractivity contribution in [2.75, 3.05) is 0 Å². The van der Waals surface area contributed by atoms with Gasteiger partial charge in [0.05, 0.1) is 16.3 Å². The van der Waals surface area contributed by atoms with E-state index in [1.165, 1.54) is 12.8 Å². The summed E-state index contributed by atoms with van der Waals surface area (Å²) in [6.45, 7) is 6.56. The Labute approximate surface area is 119 Å². The Bertz CT molecular complexity index is 451. The topological polar surface area (TPSA) is 45.1 Å². The second-order valence-electron chi connectivity index (χ2n) is 7.32. The number of hydrogen-bond acceptors (Lipinski definition) is 4. The van der Waals surface area contributed by atoms with Gasteiger partial charge in [0.25, 0.3) is 0 Å². The molecule has 0 amide bonds. The molecule has 1 aromatic heterocycles. The van der Waals surface area contributed by atoms with Crippen LogP contribution in [0.2, 0.25) is 0 Å². The average molecular weight is 280 g/mol.